The summed E-state index contributed by atoms with van der Waals surface area (Å²) < 4.78 is 10.8. The number of likely N-dealkylation sites (tertiary alicyclic amines) is 1. The highest BCUT2D eigenvalue weighted by Gasteiger charge is 2.18. The Labute approximate surface area is 190 Å². The fourth-order valence-electron chi connectivity index (χ4n) is 3.65. The van der Waals surface area contributed by atoms with E-state index in [-0.39, 0.29) is 5.91 Å². The van der Waals surface area contributed by atoms with Crippen LogP contribution in [-0.2, 0) is 11.3 Å². The second-order valence-corrected chi connectivity index (χ2v) is 7.83. The first kappa shape index (κ1) is 23.6. The van der Waals surface area contributed by atoms with Gasteiger partial charge in [-0.1, -0.05) is 18.2 Å². The van der Waals surface area contributed by atoms with E-state index < -0.39 is 0 Å². The number of amides is 1. The number of methoxy groups -OCH3 is 1. The van der Waals surface area contributed by atoms with Crippen LogP contribution in [-0.4, -0.2) is 57.2 Å². The Morgan fingerprint density at radius 1 is 1.06 bits per heavy atom. The Hall–Kier alpha value is -3.06. The van der Waals surface area contributed by atoms with Crippen LogP contribution in [0.5, 0.6) is 5.75 Å². The summed E-state index contributed by atoms with van der Waals surface area (Å²) in [4.78, 5) is 19.0. The molecule has 3 rings (SSSR count). The Kier molecular flexibility index (Phi) is 9.37. The van der Waals surface area contributed by atoms with E-state index >= 15 is 0 Å². The summed E-state index contributed by atoms with van der Waals surface area (Å²) in [6.07, 6.45) is 4.24. The number of piperidine rings is 1. The quantitative estimate of drug-likeness (QED) is 0.353. The number of guanidine groups is 1. The van der Waals surface area contributed by atoms with E-state index in [2.05, 4.69) is 15.6 Å². The molecule has 0 spiro atoms. The molecule has 2 N–H and O–H groups in total. The van der Waals surface area contributed by atoms with Crippen LogP contribution in [0.2, 0.25) is 0 Å². The van der Waals surface area contributed by atoms with Crippen molar-refractivity contribution >= 4 is 17.6 Å². The van der Waals surface area contributed by atoms with Crippen molar-refractivity contribution < 1.29 is 14.3 Å². The minimum Gasteiger partial charge on any atom is -0.493 e. The molecule has 2 aromatic rings. The number of nitrogens with one attached hydrogen (secondary N) is 2. The summed E-state index contributed by atoms with van der Waals surface area (Å²) in [5.41, 5.74) is 2.66. The molecule has 0 atom stereocenters. The van der Waals surface area contributed by atoms with E-state index in [1.165, 1.54) is 6.42 Å². The van der Waals surface area contributed by atoms with Gasteiger partial charge in [0.2, 0.25) is 0 Å². The van der Waals surface area contributed by atoms with Crippen LogP contribution in [0, 0.1) is 0 Å². The van der Waals surface area contributed by atoms with Gasteiger partial charge in [0.05, 0.1) is 6.61 Å². The maximum Gasteiger partial charge on any atom is 0.253 e. The summed E-state index contributed by atoms with van der Waals surface area (Å²) in [7, 11) is 3.42. The molecule has 1 saturated heterocycles. The Bertz CT molecular complexity index is 894. The number of rotatable bonds is 9. The van der Waals surface area contributed by atoms with Crippen molar-refractivity contribution in [2.24, 2.45) is 4.99 Å². The summed E-state index contributed by atoms with van der Waals surface area (Å²) in [5, 5.41) is 6.60. The lowest BCUT2D eigenvalue weighted by Crippen LogP contribution is -2.35. The van der Waals surface area contributed by atoms with Gasteiger partial charge in [-0.15, -0.1) is 0 Å². The van der Waals surface area contributed by atoms with Gasteiger partial charge >= 0.3 is 0 Å². The van der Waals surface area contributed by atoms with Crippen molar-refractivity contribution in [2.75, 3.05) is 45.8 Å². The normalized spacial score (nSPS) is 14.2. The maximum absolute atomic E-state index is 12.8. The molecule has 0 bridgehead atoms. The smallest absolute Gasteiger partial charge is 0.253 e. The number of carbonyl (C=O) groups excluding carboxylic acids is 1. The molecule has 0 aliphatic carbocycles. The van der Waals surface area contributed by atoms with Crippen LogP contribution < -0.4 is 15.4 Å². The molecule has 0 unspecified atom stereocenters. The monoisotopic (exact) mass is 438 g/mol. The third-order valence-electron chi connectivity index (χ3n) is 5.36. The highest BCUT2D eigenvalue weighted by Crippen LogP contribution is 2.18. The van der Waals surface area contributed by atoms with E-state index in [0.717, 1.165) is 54.9 Å². The predicted molar refractivity (Wildman–Crippen MR) is 128 cm³/mol. The standard InChI is InChI=1S/C25H34N4O3/c1-26-25(28-22-11-7-12-23(18-22)32-16-8-15-31-2)27-19-20-9-6-10-21(17-20)24(30)29-13-4-3-5-14-29/h6-7,9-12,17-18H,3-5,8,13-16,19H2,1-2H3,(H2,26,27,28). The maximum atomic E-state index is 12.8. The van der Waals surface area contributed by atoms with Gasteiger partial charge in [0.1, 0.15) is 5.75 Å². The predicted octanol–water partition coefficient (Wildman–Crippen LogP) is 3.92. The molecule has 7 heteroatoms. The number of aliphatic imine (C=N–C) groups is 1. The summed E-state index contributed by atoms with van der Waals surface area (Å²) >= 11 is 0. The zero-order valence-electron chi connectivity index (χ0n) is 19.1. The van der Waals surface area contributed by atoms with Crippen molar-refractivity contribution in [1.82, 2.24) is 10.2 Å². The average molecular weight is 439 g/mol. The Morgan fingerprint density at radius 3 is 2.66 bits per heavy atom. The fraction of sp³-hybridized carbons (Fsp3) is 0.440. The average Bonchev–Trinajstić information content (AvgIpc) is 2.85. The van der Waals surface area contributed by atoms with Gasteiger partial charge in [-0.3, -0.25) is 9.79 Å². The number of hydrogen-bond acceptors (Lipinski definition) is 4. The summed E-state index contributed by atoms with van der Waals surface area (Å²) in [5.74, 6) is 1.57. The second kappa shape index (κ2) is 12.7. The molecule has 172 valence electrons. The van der Waals surface area contributed by atoms with Crippen LogP contribution in [0.1, 0.15) is 41.6 Å². The van der Waals surface area contributed by atoms with E-state index in [0.29, 0.717) is 25.7 Å². The van der Waals surface area contributed by atoms with Crippen molar-refractivity contribution in [3.63, 3.8) is 0 Å². The lowest BCUT2D eigenvalue weighted by molar-refractivity contribution is 0.0724. The van der Waals surface area contributed by atoms with Crippen LogP contribution in [0.4, 0.5) is 5.69 Å². The SMILES string of the molecule is CN=C(NCc1cccc(C(=O)N2CCCCC2)c1)Nc1cccc(OCCCOC)c1. The zero-order chi connectivity index (χ0) is 22.6. The lowest BCUT2D eigenvalue weighted by atomic mass is 10.1. The molecule has 0 saturated carbocycles. The highest BCUT2D eigenvalue weighted by molar-refractivity contribution is 5.95. The molecule has 1 fully saturated rings. The van der Waals surface area contributed by atoms with Gasteiger partial charge in [0.25, 0.3) is 5.91 Å². The summed E-state index contributed by atoms with van der Waals surface area (Å²) in [6.45, 7) is 3.56. The van der Waals surface area contributed by atoms with Crippen molar-refractivity contribution in [2.45, 2.75) is 32.2 Å². The molecule has 7 nitrogen and oxygen atoms in total. The minimum absolute atomic E-state index is 0.122. The number of benzene rings is 2. The third-order valence-corrected chi connectivity index (χ3v) is 5.36. The van der Waals surface area contributed by atoms with Gasteiger partial charge in [-0.05, 0) is 49.1 Å². The van der Waals surface area contributed by atoms with Gasteiger partial charge < -0.3 is 25.0 Å². The number of ether oxygens (including phenoxy) is 2. The molecule has 1 aliphatic rings. The Balaban J connectivity index is 1.54. The van der Waals surface area contributed by atoms with E-state index in [1.807, 2.05) is 53.4 Å². The molecule has 32 heavy (non-hydrogen) atoms. The highest BCUT2D eigenvalue weighted by atomic mass is 16.5. The molecule has 1 heterocycles. The third kappa shape index (κ3) is 7.27. The molecule has 1 amide bonds. The molecular formula is C25H34N4O3. The van der Waals surface area contributed by atoms with Crippen molar-refractivity contribution in [3.05, 3.63) is 59.7 Å². The van der Waals surface area contributed by atoms with Gasteiger partial charge in [-0.2, -0.15) is 0 Å². The van der Waals surface area contributed by atoms with E-state index in [4.69, 9.17) is 9.47 Å². The van der Waals surface area contributed by atoms with Crippen LogP contribution in [0.25, 0.3) is 0 Å². The molecule has 1 aliphatic heterocycles. The topological polar surface area (TPSA) is 75.2 Å². The summed E-state index contributed by atoms with van der Waals surface area (Å²) in [6, 6.07) is 15.6. The molecule has 0 aromatic heterocycles. The van der Waals surface area contributed by atoms with Crippen molar-refractivity contribution in [3.8, 4) is 5.75 Å². The fourth-order valence-corrected chi connectivity index (χ4v) is 3.65. The van der Waals surface area contributed by atoms with Crippen LogP contribution in [0.15, 0.2) is 53.5 Å². The zero-order valence-corrected chi connectivity index (χ0v) is 19.1. The van der Waals surface area contributed by atoms with E-state index in [1.54, 1.807) is 14.2 Å². The van der Waals surface area contributed by atoms with Crippen LogP contribution in [0.3, 0.4) is 0 Å². The van der Waals surface area contributed by atoms with Crippen molar-refractivity contribution in [1.29, 1.82) is 0 Å². The Morgan fingerprint density at radius 2 is 1.88 bits per heavy atom. The first-order valence-corrected chi connectivity index (χ1v) is 11.3. The first-order chi connectivity index (χ1) is 15.7. The van der Waals surface area contributed by atoms with E-state index in [9.17, 15) is 4.79 Å². The van der Waals surface area contributed by atoms with Crippen LogP contribution >= 0.6 is 0 Å². The number of hydrogen-bond donors (Lipinski definition) is 2. The molecule has 0 radical (unpaired) electrons. The molecule has 2 aromatic carbocycles. The van der Waals surface area contributed by atoms with Gasteiger partial charge in [-0.25, -0.2) is 0 Å². The lowest BCUT2D eigenvalue weighted by Gasteiger charge is -2.26. The molecular weight excluding hydrogens is 404 g/mol. The minimum atomic E-state index is 0.122. The number of nitrogens with zero attached hydrogens (tertiary/aromatic N) is 2. The van der Waals surface area contributed by atoms with Gasteiger partial charge in [0.15, 0.2) is 5.96 Å². The second-order valence-electron chi connectivity index (χ2n) is 7.83. The largest absolute Gasteiger partial charge is 0.493 e. The number of anilines is 1. The first-order valence-electron chi connectivity index (χ1n) is 11.3. The number of carbonyl (C=O) groups is 1. The van der Waals surface area contributed by atoms with Gasteiger partial charge in [0, 0.05) is 64.1 Å².